The van der Waals surface area contributed by atoms with Crippen LogP contribution >= 0.6 is 0 Å². The van der Waals surface area contributed by atoms with Gasteiger partial charge in [-0.3, -0.25) is 29.0 Å². The van der Waals surface area contributed by atoms with E-state index in [1.807, 2.05) is 84.9 Å². The van der Waals surface area contributed by atoms with E-state index in [4.69, 9.17) is 0 Å². The average molecular weight is 954 g/mol. The van der Waals surface area contributed by atoms with E-state index in [1.54, 1.807) is 36.4 Å². The number of likely N-dealkylation sites (tertiary alicyclic amines) is 4. The molecule has 6 atom stereocenters. The zero-order valence-corrected chi connectivity index (χ0v) is 39.5. The van der Waals surface area contributed by atoms with Crippen molar-refractivity contribution in [3.8, 4) is 0 Å². The molecule has 4 amide bonds. The molecule has 366 valence electrons. The van der Waals surface area contributed by atoms with Crippen molar-refractivity contribution in [1.29, 1.82) is 0 Å². The largest absolute Gasteiger partial charge is 0.363 e. The molecule has 4 saturated heterocycles. The Kier molecular flexibility index (Phi) is 15.6. The van der Waals surface area contributed by atoms with Gasteiger partial charge in [-0.05, 0) is 123 Å². The fourth-order valence-electron chi connectivity index (χ4n) is 10.7. The van der Waals surface area contributed by atoms with Crippen LogP contribution in [0.4, 0.5) is 30.2 Å². The van der Waals surface area contributed by atoms with Gasteiger partial charge in [0.05, 0.1) is 13.1 Å². The van der Waals surface area contributed by atoms with Gasteiger partial charge in [0, 0.05) is 43.0 Å². The highest BCUT2D eigenvalue weighted by molar-refractivity contribution is 5.99. The van der Waals surface area contributed by atoms with Crippen LogP contribution < -0.4 is 15.5 Å². The maximum absolute atomic E-state index is 15.1. The predicted molar refractivity (Wildman–Crippen MR) is 266 cm³/mol. The zero-order valence-electron chi connectivity index (χ0n) is 39.5. The van der Waals surface area contributed by atoms with Crippen molar-refractivity contribution in [2.75, 3.05) is 54.8 Å². The Morgan fingerprint density at radius 1 is 0.514 bits per heavy atom. The Morgan fingerprint density at radius 2 is 0.900 bits per heavy atom. The van der Waals surface area contributed by atoms with E-state index in [2.05, 4.69) is 25.3 Å². The second kappa shape index (κ2) is 22.5. The summed E-state index contributed by atoms with van der Waals surface area (Å²) in [5, 5.41) is 5.88. The summed E-state index contributed by atoms with van der Waals surface area (Å²) >= 11 is 0. The van der Waals surface area contributed by atoms with Gasteiger partial charge in [-0.1, -0.05) is 97.8 Å². The molecule has 4 aliphatic rings. The standard InChI is InChI=1S/C56H62F3N7O4/c57-43-21-27-48(28-22-43)64(35-39-17-23-46(24-18-39)60-53(67)49-33-44(58)37-65(49)55(69)51(41-13-5-1-6-14-41)62-29-9-3-10-30-62)36-40-19-25-47(26-20-40)61-54(68)50-34-45(59)38-66(50)56(70)52(42-15-7-2-8-16-42)63-31-11-4-12-32-63/h1-2,5-8,13-28,44-45,49-52H,3-4,9-12,29-38H2,(H,60,67)(H,61,68)/t44-,45-,49+,50?,51-,52-/m1/s1. The van der Waals surface area contributed by atoms with Crippen LogP contribution in [0.5, 0.6) is 0 Å². The normalized spacial score (nSPS) is 21.8. The maximum atomic E-state index is 15.1. The fourth-order valence-corrected chi connectivity index (χ4v) is 10.7. The molecule has 0 radical (unpaired) electrons. The molecule has 4 aliphatic heterocycles. The SMILES string of the molecule is O=C(Nc1ccc(CN(Cc2ccc(NC(=O)[C@@H]3C[C@@H](F)CN3C(=O)[C@@H](c3ccccc3)N3CCCCC3)cc2)c2ccc(F)cc2)cc1)C1C[C@@H](F)CN1C(=O)[C@@H](c1ccccc1)N1CCCCC1. The number of alkyl halides is 2. The summed E-state index contributed by atoms with van der Waals surface area (Å²) in [5.41, 5.74) is 5.26. The van der Waals surface area contributed by atoms with Crippen LogP contribution in [0, 0.1) is 5.82 Å². The van der Waals surface area contributed by atoms with E-state index < -0.39 is 48.3 Å². The van der Waals surface area contributed by atoms with Crippen LogP contribution in [0.15, 0.2) is 133 Å². The summed E-state index contributed by atoms with van der Waals surface area (Å²) < 4.78 is 44.4. The molecule has 4 fully saturated rings. The van der Waals surface area contributed by atoms with Gasteiger partial charge in [0.25, 0.3) is 0 Å². The lowest BCUT2D eigenvalue weighted by molar-refractivity contribution is -0.142. The number of rotatable bonds is 15. The maximum Gasteiger partial charge on any atom is 0.247 e. The third-order valence-corrected chi connectivity index (χ3v) is 14.3. The predicted octanol–water partition coefficient (Wildman–Crippen LogP) is 9.24. The summed E-state index contributed by atoms with van der Waals surface area (Å²) in [7, 11) is 0. The smallest absolute Gasteiger partial charge is 0.247 e. The van der Waals surface area contributed by atoms with E-state index in [1.165, 1.54) is 21.9 Å². The quantitative estimate of drug-likeness (QED) is 0.108. The first-order chi connectivity index (χ1) is 34.1. The van der Waals surface area contributed by atoms with Gasteiger partial charge in [-0.25, -0.2) is 13.2 Å². The first-order valence-corrected chi connectivity index (χ1v) is 24.8. The van der Waals surface area contributed by atoms with Gasteiger partial charge < -0.3 is 25.3 Å². The Morgan fingerprint density at radius 3 is 1.29 bits per heavy atom. The first kappa shape index (κ1) is 48.5. The number of hydrogen-bond acceptors (Lipinski definition) is 7. The third-order valence-electron chi connectivity index (χ3n) is 14.3. The van der Waals surface area contributed by atoms with Crippen LogP contribution in [0.25, 0.3) is 0 Å². The van der Waals surface area contributed by atoms with Gasteiger partial charge in [-0.15, -0.1) is 0 Å². The van der Waals surface area contributed by atoms with Crippen molar-refractivity contribution in [1.82, 2.24) is 19.6 Å². The van der Waals surface area contributed by atoms with Crippen LogP contribution in [-0.4, -0.2) is 107 Å². The lowest BCUT2D eigenvalue weighted by atomic mass is 10.00. The highest BCUT2D eigenvalue weighted by atomic mass is 19.1. The topological polar surface area (TPSA) is 109 Å². The van der Waals surface area contributed by atoms with E-state index in [9.17, 15) is 23.6 Å². The summed E-state index contributed by atoms with van der Waals surface area (Å²) in [4.78, 5) is 65.5. The number of carbonyl (C=O) groups is 4. The highest BCUT2D eigenvalue weighted by Crippen LogP contribution is 2.34. The molecule has 0 aliphatic carbocycles. The molecule has 0 spiro atoms. The fraction of sp³-hybridized carbons (Fsp3) is 0.393. The Bertz CT molecular complexity index is 2390. The van der Waals surface area contributed by atoms with Crippen molar-refractivity contribution in [3.63, 3.8) is 0 Å². The summed E-state index contributed by atoms with van der Waals surface area (Å²) in [6.07, 6.45) is 3.30. The van der Waals surface area contributed by atoms with E-state index in [0.717, 1.165) is 92.6 Å². The molecule has 5 aromatic rings. The monoisotopic (exact) mass is 953 g/mol. The molecule has 0 aromatic heterocycles. The minimum Gasteiger partial charge on any atom is -0.363 e. The van der Waals surface area contributed by atoms with Gasteiger partial charge in [0.2, 0.25) is 23.6 Å². The number of amides is 4. The third kappa shape index (κ3) is 11.6. The number of benzene rings is 5. The van der Waals surface area contributed by atoms with Crippen molar-refractivity contribution < 1.29 is 32.3 Å². The van der Waals surface area contributed by atoms with Crippen molar-refractivity contribution in [2.24, 2.45) is 0 Å². The molecule has 11 nitrogen and oxygen atoms in total. The molecule has 4 heterocycles. The highest BCUT2D eigenvalue weighted by Gasteiger charge is 2.45. The second-order valence-corrected chi connectivity index (χ2v) is 19.2. The van der Waals surface area contributed by atoms with Gasteiger partial charge in [0.15, 0.2) is 0 Å². The summed E-state index contributed by atoms with van der Waals surface area (Å²) in [6, 6.07) is 36.8. The second-order valence-electron chi connectivity index (χ2n) is 19.2. The molecule has 70 heavy (non-hydrogen) atoms. The molecule has 14 heteroatoms. The Hall–Kier alpha value is -6.51. The molecular weight excluding hydrogens is 892 g/mol. The molecule has 2 N–H and O–H groups in total. The molecule has 5 aromatic carbocycles. The van der Waals surface area contributed by atoms with Crippen LogP contribution in [-0.2, 0) is 32.3 Å². The van der Waals surface area contributed by atoms with Gasteiger partial charge in [0.1, 0.15) is 42.3 Å². The molecular formula is C56H62F3N7O4. The number of nitrogens with one attached hydrogen (secondary N) is 2. The lowest BCUT2D eigenvalue weighted by Gasteiger charge is -2.37. The molecule has 0 bridgehead atoms. The minimum atomic E-state index is -1.32. The number of anilines is 3. The lowest BCUT2D eigenvalue weighted by Crippen LogP contribution is -2.49. The number of hydrogen-bond donors (Lipinski definition) is 2. The van der Waals surface area contributed by atoms with E-state index in [0.29, 0.717) is 24.5 Å². The van der Waals surface area contributed by atoms with Crippen molar-refractivity contribution in [2.45, 2.75) is 101 Å². The zero-order chi connectivity index (χ0) is 48.6. The molecule has 0 saturated carbocycles. The minimum absolute atomic E-state index is 0.0780. The molecule has 9 rings (SSSR count). The number of piperidine rings is 2. The van der Waals surface area contributed by atoms with Gasteiger partial charge in [-0.2, -0.15) is 0 Å². The van der Waals surface area contributed by atoms with Crippen LogP contribution in [0.3, 0.4) is 0 Å². The van der Waals surface area contributed by atoms with E-state index >= 15 is 8.78 Å². The molecule has 1 unspecified atom stereocenters. The van der Waals surface area contributed by atoms with Crippen molar-refractivity contribution >= 4 is 40.7 Å². The summed E-state index contributed by atoms with van der Waals surface area (Å²) in [5.74, 6) is -1.76. The van der Waals surface area contributed by atoms with Crippen LogP contribution in [0.1, 0.15) is 85.7 Å². The van der Waals surface area contributed by atoms with Crippen molar-refractivity contribution in [3.05, 3.63) is 162 Å². The first-order valence-electron chi connectivity index (χ1n) is 24.8. The number of halogens is 3. The number of carbonyl (C=O) groups excluding carboxylic acids is 4. The Balaban J connectivity index is 0.845. The van der Waals surface area contributed by atoms with Gasteiger partial charge >= 0.3 is 0 Å². The Labute approximate surface area is 408 Å². The number of nitrogens with zero attached hydrogens (tertiary/aromatic N) is 5. The van der Waals surface area contributed by atoms with E-state index in [-0.39, 0.29) is 43.6 Å². The average Bonchev–Trinajstić information content (AvgIpc) is 3.99. The van der Waals surface area contributed by atoms with Crippen LogP contribution in [0.2, 0.25) is 0 Å². The summed E-state index contributed by atoms with van der Waals surface area (Å²) in [6.45, 7) is 3.60.